The van der Waals surface area contributed by atoms with E-state index in [1.54, 1.807) is 23.8 Å². The van der Waals surface area contributed by atoms with E-state index in [1.807, 2.05) is 0 Å². The number of nitrogens with zero attached hydrogens (tertiary/aromatic N) is 1. The van der Waals surface area contributed by atoms with Gasteiger partial charge in [-0.05, 0) is 57.7 Å². The maximum atomic E-state index is 11.7. The van der Waals surface area contributed by atoms with Gasteiger partial charge in [-0.25, -0.2) is 0 Å². The van der Waals surface area contributed by atoms with Gasteiger partial charge in [0.25, 0.3) is 5.56 Å². The van der Waals surface area contributed by atoms with Crippen molar-refractivity contribution in [3.8, 4) is 0 Å². The van der Waals surface area contributed by atoms with Crippen molar-refractivity contribution >= 4 is 37.6 Å². The van der Waals surface area contributed by atoms with E-state index in [2.05, 4.69) is 31.9 Å². The minimum atomic E-state index is -0.0361. The molecule has 88 valence electrons. The number of hydrogen-bond donors (Lipinski definition) is 0. The van der Waals surface area contributed by atoms with Crippen molar-refractivity contribution < 1.29 is 4.79 Å². The Kier molecular flexibility index (Phi) is 5.41. The third-order valence-corrected chi connectivity index (χ3v) is 3.19. The fraction of sp³-hybridized carbons (Fsp3) is 0.455. The Morgan fingerprint density at radius 2 is 2.06 bits per heavy atom. The number of pyridine rings is 1. The Morgan fingerprint density at radius 1 is 1.38 bits per heavy atom. The van der Waals surface area contributed by atoms with Gasteiger partial charge in [0.1, 0.15) is 5.78 Å². The summed E-state index contributed by atoms with van der Waals surface area (Å²) in [6, 6.07) is 1.73. The molecule has 0 bridgehead atoms. The van der Waals surface area contributed by atoms with E-state index in [1.165, 1.54) is 0 Å². The summed E-state index contributed by atoms with van der Waals surface area (Å²) in [4.78, 5) is 22.4. The summed E-state index contributed by atoms with van der Waals surface area (Å²) in [5.74, 6) is 0.197. The number of hydrogen-bond acceptors (Lipinski definition) is 2. The SMILES string of the molecule is CC(=O)CCCCn1cc(Br)cc(Br)c1=O. The molecule has 1 rings (SSSR count). The number of carbonyl (C=O) groups excluding carboxylic acids is 1. The second kappa shape index (κ2) is 6.35. The van der Waals surface area contributed by atoms with Gasteiger partial charge in [-0.3, -0.25) is 4.79 Å². The van der Waals surface area contributed by atoms with Crippen molar-refractivity contribution in [1.82, 2.24) is 4.57 Å². The molecule has 0 aromatic carbocycles. The molecular formula is C11H13Br2NO2. The summed E-state index contributed by atoms with van der Waals surface area (Å²) >= 11 is 6.55. The average molecular weight is 351 g/mol. The Labute approximate surface area is 111 Å². The zero-order valence-electron chi connectivity index (χ0n) is 9.00. The van der Waals surface area contributed by atoms with Crippen LogP contribution in [0.4, 0.5) is 0 Å². The molecule has 1 aromatic rings. The Bertz CT molecular complexity index is 440. The Hall–Kier alpha value is -0.420. The van der Waals surface area contributed by atoms with E-state index in [9.17, 15) is 9.59 Å². The number of Topliss-reactive ketones (excluding diaryl/α,β-unsaturated/α-hetero) is 1. The highest BCUT2D eigenvalue weighted by Gasteiger charge is 2.03. The largest absolute Gasteiger partial charge is 0.313 e. The molecule has 0 fully saturated rings. The molecule has 1 heterocycles. The van der Waals surface area contributed by atoms with Crippen molar-refractivity contribution in [1.29, 1.82) is 0 Å². The van der Waals surface area contributed by atoms with E-state index in [-0.39, 0.29) is 11.3 Å². The molecule has 0 atom stereocenters. The van der Waals surface area contributed by atoms with Gasteiger partial charge >= 0.3 is 0 Å². The maximum Gasteiger partial charge on any atom is 0.264 e. The third-order valence-electron chi connectivity index (χ3n) is 2.19. The van der Waals surface area contributed by atoms with E-state index in [0.717, 1.165) is 17.3 Å². The average Bonchev–Trinajstić information content (AvgIpc) is 2.19. The van der Waals surface area contributed by atoms with Crippen LogP contribution in [0.2, 0.25) is 0 Å². The molecule has 16 heavy (non-hydrogen) atoms. The first-order chi connectivity index (χ1) is 7.50. The van der Waals surface area contributed by atoms with Gasteiger partial charge in [-0.2, -0.15) is 0 Å². The van der Waals surface area contributed by atoms with Crippen LogP contribution in [0, 0.1) is 0 Å². The predicted octanol–water partition coefficient (Wildman–Crippen LogP) is 3.13. The van der Waals surface area contributed by atoms with Crippen LogP contribution in [0.1, 0.15) is 26.2 Å². The number of aryl methyl sites for hydroxylation is 1. The number of halogens is 2. The first-order valence-corrected chi connectivity index (χ1v) is 6.64. The van der Waals surface area contributed by atoms with Crippen LogP contribution in [0.3, 0.4) is 0 Å². The smallest absolute Gasteiger partial charge is 0.264 e. The first kappa shape index (κ1) is 13.6. The van der Waals surface area contributed by atoms with Gasteiger partial charge in [-0.15, -0.1) is 0 Å². The van der Waals surface area contributed by atoms with Crippen molar-refractivity contribution in [2.24, 2.45) is 0 Å². The van der Waals surface area contributed by atoms with Gasteiger partial charge in [-0.1, -0.05) is 0 Å². The summed E-state index contributed by atoms with van der Waals surface area (Å²) in [5.41, 5.74) is -0.0361. The molecule has 0 aliphatic heterocycles. The topological polar surface area (TPSA) is 39.1 Å². The lowest BCUT2D eigenvalue weighted by atomic mass is 10.2. The number of rotatable bonds is 5. The molecule has 0 saturated heterocycles. The molecule has 0 saturated carbocycles. The molecule has 0 radical (unpaired) electrons. The number of aromatic nitrogens is 1. The summed E-state index contributed by atoms with van der Waals surface area (Å²) in [6.07, 6.45) is 4.01. The minimum Gasteiger partial charge on any atom is -0.313 e. The van der Waals surface area contributed by atoms with Crippen molar-refractivity contribution in [3.63, 3.8) is 0 Å². The minimum absolute atomic E-state index is 0.0361. The lowest BCUT2D eigenvalue weighted by Crippen LogP contribution is -2.20. The Balaban J connectivity index is 2.60. The molecule has 0 amide bonds. The highest BCUT2D eigenvalue weighted by Crippen LogP contribution is 2.13. The summed E-state index contributed by atoms with van der Waals surface area (Å²) in [7, 11) is 0. The zero-order valence-corrected chi connectivity index (χ0v) is 12.2. The molecule has 0 aliphatic carbocycles. The van der Waals surface area contributed by atoms with Crippen molar-refractivity contribution in [2.45, 2.75) is 32.7 Å². The van der Waals surface area contributed by atoms with E-state index < -0.39 is 0 Å². The van der Waals surface area contributed by atoms with Gasteiger partial charge in [0.2, 0.25) is 0 Å². The van der Waals surface area contributed by atoms with Crippen LogP contribution in [-0.2, 0) is 11.3 Å². The number of carbonyl (C=O) groups is 1. The highest BCUT2D eigenvalue weighted by molar-refractivity contribution is 9.11. The first-order valence-electron chi connectivity index (χ1n) is 5.05. The van der Waals surface area contributed by atoms with Crippen molar-refractivity contribution in [3.05, 3.63) is 31.6 Å². The van der Waals surface area contributed by atoms with Crippen LogP contribution >= 0.6 is 31.9 Å². The lowest BCUT2D eigenvalue weighted by Gasteiger charge is -2.06. The standard InChI is InChI=1S/C11H13Br2NO2/c1-8(15)4-2-3-5-14-7-9(12)6-10(13)11(14)16/h6-7H,2-5H2,1H3. The molecule has 5 heteroatoms. The molecule has 0 spiro atoms. The molecule has 0 unspecified atom stereocenters. The maximum absolute atomic E-state index is 11.7. The van der Waals surface area contributed by atoms with E-state index >= 15 is 0 Å². The molecular weight excluding hydrogens is 338 g/mol. The fourth-order valence-corrected chi connectivity index (χ4v) is 2.64. The molecule has 3 nitrogen and oxygen atoms in total. The molecule has 0 aliphatic rings. The van der Waals surface area contributed by atoms with Crippen LogP contribution in [0.25, 0.3) is 0 Å². The van der Waals surface area contributed by atoms with Crippen LogP contribution in [0.15, 0.2) is 26.0 Å². The molecule has 1 aromatic heterocycles. The molecule has 0 N–H and O–H groups in total. The quantitative estimate of drug-likeness (QED) is 0.765. The Morgan fingerprint density at radius 3 is 2.69 bits per heavy atom. The fourth-order valence-electron chi connectivity index (χ4n) is 1.39. The number of ketones is 1. The zero-order chi connectivity index (χ0) is 12.1. The van der Waals surface area contributed by atoms with E-state index in [0.29, 0.717) is 17.4 Å². The monoisotopic (exact) mass is 349 g/mol. The van der Waals surface area contributed by atoms with Gasteiger partial charge in [0.15, 0.2) is 0 Å². The van der Waals surface area contributed by atoms with Crippen LogP contribution in [0.5, 0.6) is 0 Å². The van der Waals surface area contributed by atoms with Gasteiger partial charge in [0.05, 0.1) is 4.47 Å². The second-order valence-electron chi connectivity index (χ2n) is 3.66. The predicted molar refractivity (Wildman–Crippen MR) is 70.6 cm³/mol. The van der Waals surface area contributed by atoms with Gasteiger partial charge < -0.3 is 9.36 Å². The summed E-state index contributed by atoms with van der Waals surface area (Å²) in [5, 5.41) is 0. The van der Waals surface area contributed by atoms with E-state index in [4.69, 9.17) is 0 Å². The van der Waals surface area contributed by atoms with Gasteiger partial charge in [0, 0.05) is 23.6 Å². The van der Waals surface area contributed by atoms with Crippen LogP contribution in [-0.4, -0.2) is 10.4 Å². The highest BCUT2D eigenvalue weighted by atomic mass is 79.9. The normalized spacial score (nSPS) is 10.4. The second-order valence-corrected chi connectivity index (χ2v) is 5.43. The third kappa shape index (κ3) is 4.22. The summed E-state index contributed by atoms with van der Waals surface area (Å²) in [6.45, 7) is 2.23. The van der Waals surface area contributed by atoms with Crippen LogP contribution < -0.4 is 5.56 Å². The summed E-state index contributed by atoms with van der Waals surface area (Å²) < 4.78 is 3.06. The number of unbranched alkanes of at least 4 members (excludes halogenated alkanes) is 1. The van der Waals surface area contributed by atoms with Crippen molar-refractivity contribution in [2.75, 3.05) is 0 Å². The lowest BCUT2D eigenvalue weighted by molar-refractivity contribution is -0.117.